The van der Waals surface area contributed by atoms with Crippen LogP contribution in [0.5, 0.6) is 0 Å². The van der Waals surface area contributed by atoms with Gasteiger partial charge in [0.1, 0.15) is 11.6 Å². The minimum atomic E-state index is -3.05. The summed E-state index contributed by atoms with van der Waals surface area (Å²) >= 11 is 0. The van der Waals surface area contributed by atoms with E-state index < -0.39 is 30.0 Å². The third-order valence-corrected chi connectivity index (χ3v) is 4.81. The van der Waals surface area contributed by atoms with Crippen molar-refractivity contribution < 1.29 is 17.6 Å². The first-order chi connectivity index (χ1) is 11.1. The van der Waals surface area contributed by atoms with Crippen LogP contribution in [0.3, 0.4) is 0 Å². The van der Waals surface area contributed by atoms with Crippen LogP contribution in [0.2, 0.25) is 0 Å². The molecule has 0 spiro atoms. The van der Waals surface area contributed by atoms with E-state index >= 15 is 0 Å². The van der Waals surface area contributed by atoms with Gasteiger partial charge >= 0.3 is 0 Å². The average Bonchev–Trinajstić information content (AvgIpc) is 2.46. The zero-order valence-electron chi connectivity index (χ0n) is 14.9. The van der Waals surface area contributed by atoms with Crippen molar-refractivity contribution in [3.63, 3.8) is 0 Å². The fourth-order valence-corrected chi connectivity index (χ4v) is 3.31. The molecule has 0 unspecified atom stereocenters. The molecule has 1 aromatic carbocycles. The Morgan fingerprint density at radius 3 is 2.33 bits per heavy atom. The minimum absolute atomic E-state index is 0.141. The number of alkyl halides is 2. The second-order valence-corrected chi connectivity index (χ2v) is 7.61. The second kappa shape index (κ2) is 7.42. The Balaban J connectivity index is 2.20. The molecule has 136 valence electrons. The monoisotopic (exact) mass is 345 g/mol. The van der Waals surface area contributed by atoms with E-state index in [0.29, 0.717) is 19.0 Å². The normalized spacial score (nSPS) is 21.7. The molecule has 1 nitrogen and oxygen atoms in total. The molecule has 0 N–H and O–H groups in total. The molecule has 0 saturated carbocycles. The molecule has 2 rings (SSSR count). The Kier molecular flexibility index (Phi) is 5.95. The summed E-state index contributed by atoms with van der Waals surface area (Å²) in [6.07, 6.45) is 0.995. The summed E-state index contributed by atoms with van der Waals surface area (Å²) in [6, 6.07) is 2.06. The van der Waals surface area contributed by atoms with Gasteiger partial charge in [-0.25, -0.2) is 17.6 Å². The fourth-order valence-electron chi connectivity index (χ4n) is 3.31. The standard InChI is InChI=1S/C19H27F4N/c1-12(2)5-7-24-8-6-16(19(22,23)11-24)15-10-17(20)14(13(3)4)9-18(15)21/h9-10,12-13,16H,5-8,11H2,1-4H3/t16-/m0/s1. The van der Waals surface area contributed by atoms with Gasteiger partial charge in [-0.15, -0.1) is 0 Å². The smallest absolute Gasteiger partial charge is 0.267 e. The summed E-state index contributed by atoms with van der Waals surface area (Å²) in [7, 11) is 0. The molecule has 1 atom stereocenters. The van der Waals surface area contributed by atoms with Gasteiger partial charge in [0, 0.05) is 0 Å². The van der Waals surface area contributed by atoms with Crippen LogP contribution in [0.4, 0.5) is 17.6 Å². The van der Waals surface area contributed by atoms with E-state index in [1.807, 2.05) is 0 Å². The number of benzene rings is 1. The predicted octanol–water partition coefficient (Wildman–Crippen LogP) is 5.56. The summed E-state index contributed by atoms with van der Waals surface area (Å²) in [4.78, 5) is 1.73. The van der Waals surface area contributed by atoms with Gasteiger partial charge in [0.15, 0.2) is 0 Å². The second-order valence-electron chi connectivity index (χ2n) is 7.61. The van der Waals surface area contributed by atoms with E-state index in [0.717, 1.165) is 18.6 Å². The third-order valence-electron chi connectivity index (χ3n) is 4.81. The lowest BCUT2D eigenvalue weighted by Gasteiger charge is -2.39. The zero-order valence-corrected chi connectivity index (χ0v) is 14.9. The molecule has 0 bridgehead atoms. The Labute approximate surface area is 142 Å². The largest absolute Gasteiger partial charge is 0.297 e. The van der Waals surface area contributed by atoms with Gasteiger partial charge < -0.3 is 0 Å². The minimum Gasteiger partial charge on any atom is -0.297 e. The van der Waals surface area contributed by atoms with Crippen LogP contribution >= 0.6 is 0 Å². The maximum absolute atomic E-state index is 14.6. The number of rotatable bonds is 5. The number of piperidine rings is 1. The van der Waals surface area contributed by atoms with Crippen molar-refractivity contribution in [3.05, 3.63) is 34.9 Å². The molecule has 1 aliphatic rings. The molecule has 0 aromatic heterocycles. The Morgan fingerprint density at radius 1 is 1.12 bits per heavy atom. The molecular weight excluding hydrogens is 318 g/mol. The topological polar surface area (TPSA) is 3.24 Å². The van der Waals surface area contributed by atoms with Gasteiger partial charge in [0.2, 0.25) is 0 Å². The molecule has 1 aromatic rings. The molecule has 24 heavy (non-hydrogen) atoms. The lowest BCUT2D eigenvalue weighted by molar-refractivity contribution is -0.0841. The molecule has 0 radical (unpaired) electrons. The highest BCUT2D eigenvalue weighted by Gasteiger charge is 2.46. The van der Waals surface area contributed by atoms with Crippen LogP contribution in [0.25, 0.3) is 0 Å². The van der Waals surface area contributed by atoms with Crippen molar-refractivity contribution in [2.75, 3.05) is 19.6 Å². The Morgan fingerprint density at radius 2 is 1.79 bits per heavy atom. The first-order valence-corrected chi connectivity index (χ1v) is 8.70. The summed E-state index contributed by atoms with van der Waals surface area (Å²) in [6.45, 7) is 8.32. The van der Waals surface area contributed by atoms with E-state index in [-0.39, 0.29) is 23.5 Å². The summed E-state index contributed by atoms with van der Waals surface area (Å²) in [5.74, 6) is -5.37. The molecule has 5 heteroatoms. The van der Waals surface area contributed by atoms with Gasteiger partial charge in [-0.3, -0.25) is 4.90 Å². The number of halogens is 4. The summed E-state index contributed by atoms with van der Waals surface area (Å²) < 4.78 is 57.6. The lowest BCUT2D eigenvalue weighted by Crippen LogP contribution is -2.48. The van der Waals surface area contributed by atoms with Crippen molar-refractivity contribution in [2.24, 2.45) is 5.92 Å². The molecule has 0 amide bonds. The number of hydrogen-bond acceptors (Lipinski definition) is 1. The molecule has 1 fully saturated rings. The highest BCUT2D eigenvalue weighted by Crippen LogP contribution is 2.42. The average molecular weight is 345 g/mol. The van der Waals surface area contributed by atoms with Gasteiger partial charge in [-0.1, -0.05) is 27.7 Å². The summed E-state index contributed by atoms with van der Waals surface area (Å²) in [5, 5.41) is 0. The first-order valence-electron chi connectivity index (χ1n) is 8.70. The Bertz CT molecular complexity index is 569. The van der Waals surface area contributed by atoms with Crippen LogP contribution in [-0.2, 0) is 0 Å². The van der Waals surface area contributed by atoms with E-state index in [2.05, 4.69) is 13.8 Å². The molecule has 0 aliphatic carbocycles. The maximum Gasteiger partial charge on any atom is 0.267 e. The van der Waals surface area contributed by atoms with Crippen molar-refractivity contribution in [1.29, 1.82) is 0 Å². The van der Waals surface area contributed by atoms with Crippen LogP contribution in [-0.4, -0.2) is 30.5 Å². The van der Waals surface area contributed by atoms with Crippen molar-refractivity contribution in [3.8, 4) is 0 Å². The predicted molar refractivity (Wildman–Crippen MR) is 88.6 cm³/mol. The molecular formula is C19H27F4N. The zero-order chi connectivity index (χ0) is 18.1. The Hall–Kier alpha value is -1.10. The number of hydrogen-bond donors (Lipinski definition) is 0. The van der Waals surface area contributed by atoms with Crippen LogP contribution < -0.4 is 0 Å². The van der Waals surface area contributed by atoms with Crippen molar-refractivity contribution in [1.82, 2.24) is 4.90 Å². The quantitative estimate of drug-likeness (QED) is 0.632. The van der Waals surface area contributed by atoms with E-state index in [1.165, 1.54) is 0 Å². The van der Waals surface area contributed by atoms with Crippen molar-refractivity contribution >= 4 is 0 Å². The first kappa shape index (κ1) is 19.2. The molecule has 1 aliphatic heterocycles. The van der Waals surface area contributed by atoms with Crippen LogP contribution in [0, 0.1) is 17.6 Å². The molecule has 1 heterocycles. The third kappa shape index (κ3) is 4.29. The van der Waals surface area contributed by atoms with E-state index in [9.17, 15) is 17.6 Å². The number of nitrogens with zero attached hydrogens (tertiary/aromatic N) is 1. The van der Waals surface area contributed by atoms with E-state index in [4.69, 9.17) is 0 Å². The highest BCUT2D eigenvalue weighted by atomic mass is 19.3. The SMILES string of the molecule is CC(C)CCN1CC[C@@H](c2cc(F)c(C(C)C)cc2F)C(F)(F)C1. The maximum atomic E-state index is 14.6. The van der Waals surface area contributed by atoms with Gasteiger partial charge in [0.25, 0.3) is 5.92 Å². The van der Waals surface area contributed by atoms with Gasteiger partial charge in [-0.2, -0.15) is 0 Å². The van der Waals surface area contributed by atoms with E-state index in [1.54, 1.807) is 18.7 Å². The summed E-state index contributed by atoms with van der Waals surface area (Å²) in [5.41, 5.74) is 0.0411. The number of likely N-dealkylation sites (tertiary alicyclic amines) is 1. The van der Waals surface area contributed by atoms with Gasteiger partial charge in [-0.05, 0) is 61.0 Å². The lowest BCUT2D eigenvalue weighted by atomic mass is 9.84. The van der Waals surface area contributed by atoms with Gasteiger partial charge in [0.05, 0.1) is 12.5 Å². The van der Waals surface area contributed by atoms with Crippen LogP contribution in [0.1, 0.15) is 63.5 Å². The fraction of sp³-hybridized carbons (Fsp3) is 0.684. The molecule has 1 saturated heterocycles. The van der Waals surface area contributed by atoms with Crippen molar-refractivity contribution in [2.45, 2.75) is 58.3 Å². The van der Waals surface area contributed by atoms with Crippen LogP contribution in [0.15, 0.2) is 12.1 Å². The highest BCUT2D eigenvalue weighted by molar-refractivity contribution is 5.32.